The number of ether oxygens (including phenoxy) is 3. The number of benzene rings is 2. The van der Waals surface area contributed by atoms with E-state index in [0.717, 1.165) is 21.8 Å². The van der Waals surface area contributed by atoms with Crippen LogP contribution in [0.2, 0.25) is 0 Å². The van der Waals surface area contributed by atoms with Gasteiger partial charge >= 0.3 is 6.09 Å². The van der Waals surface area contributed by atoms with E-state index in [1.807, 2.05) is 44.2 Å². The van der Waals surface area contributed by atoms with Crippen LogP contribution >= 0.6 is 11.3 Å². The van der Waals surface area contributed by atoms with E-state index >= 15 is 0 Å². The minimum absolute atomic E-state index is 0.0642. The van der Waals surface area contributed by atoms with Gasteiger partial charge in [0.1, 0.15) is 6.10 Å². The number of nitrogens with zero attached hydrogens (tertiary/aromatic N) is 2. The van der Waals surface area contributed by atoms with E-state index in [9.17, 15) is 18.3 Å². The first-order valence-corrected chi connectivity index (χ1v) is 19.1. The SMILES string of the molecule is CC(C)CCN(C[C@@H](O)[C@H](Cc1ccccc1)NC(=O)OC1C2COC3OCC1C3C2)NS(=O)(=O)c1ccc2sc(NC(C)C)nc2c1. The van der Waals surface area contributed by atoms with Gasteiger partial charge in [-0.25, -0.2) is 23.2 Å². The largest absolute Gasteiger partial charge is 0.445 e. The predicted molar refractivity (Wildman–Crippen MR) is 184 cm³/mol. The van der Waals surface area contributed by atoms with Gasteiger partial charge in [0, 0.05) is 36.9 Å². The molecule has 2 aliphatic heterocycles. The lowest BCUT2D eigenvalue weighted by molar-refractivity contribution is -0.169. The molecule has 3 fully saturated rings. The van der Waals surface area contributed by atoms with Crippen molar-refractivity contribution in [2.45, 2.75) is 82.4 Å². The number of sulfonamides is 1. The lowest BCUT2D eigenvalue weighted by Crippen LogP contribution is -2.54. The van der Waals surface area contributed by atoms with Crippen LogP contribution in [-0.4, -0.2) is 86.5 Å². The zero-order valence-corrected chi connectivity index (χ0v) is 29.5. The number of carbonyl (C=O) groups excluding carboxylic acids is 1. The van der Waals surface area contributed by atoms with Gasteiger partial charge in [0.2, 0.25) is 0 Å². The van der Waals surface area contributed by atoms with Crippen LogP contribution in [0.1, 0.15) is 46.1 Å². The number of aromatic nitrogens is 1. The first-order valence-electron chi connectivity index (χ1n) is 16.8. The number of anilines is 1. The Morgan fingerprint density at radius 2 is 1.88 bits per heavy atom. The van der Waals surface area contributed by atoms with Crippen molar-refractivity contribution in [1.29, 1.82) is 0 Å². The van der Waals surface area contributed by atoms with Crippen molar-refractivity contribution >= 4 is 42.8 Å². The molecular formula is C34H47N5O7S2. The lowest BCUT2D eigenvalue weighted by Gasteiger charge is -2.31. The second kappa shape index (κ2) is 15.0. The summed E-state index contributed by atoms with van der Waals surface area (Å²) in [6.07, 6.45) is -0.391. The number of amides is 1. The average molecular weight is 702 g/mol. The number of rotatable bonds is 15. The molecule has 2 aromatic carbocycles. The Labute approximate surface area is 286 Å². The molecule has 1 aliphatic carbocycles. The minimum atomic E-state index is -4.02. The maximum atomic E-state index is 13.7. The number of alkyl carbamates (subject to hydrolysis) is 1. The van der Waals surface area contributed by atoms with Crippen LogP contribution in [0.3, 0.4) is 0 Å². The van der Waals surface area contributed by atoms with Gasteiger partial charge in [-0.05, 0) is 62.8 Å². The van der Waals surface area contributed by atoms with E-state index in [0.29, 0.717) is 38.1 Å². The zero-order chi connectivity index (χ0) is 34.0. The quantitative estimate of drug-likeness (QED) is 0.168. The Balaban J connectivity index is 1.17. The van der Waals surface area contributed by atoms with E-state index < -0.39 is 28.3 Å². The Kier molecular flexibility index (Phi) is 10.9. The molecule has 3 aliphatic rings. The Bertz CT molecular complexity index is 1650. The van der Waals surface area contributed by atoms with Gasteiger partial charge in [-0.3, -0.25) is 0 Å². The average Bonchev–Trinajstić information content (AvgIpc) is 3.71. The fourth-order valence-electron chi connectivity index (χ4n) is 6.86. The summed E-state index contributed by atoms with van der Waals surface area (Å²) < 4.78 is 45.9. The third-order valence-electron chi connectivity index (χ3n) is 9.31. The summed E-state index contributed by atoms with van der Waals surface area (Å²) in [5.41, 5.74) is 1.50. The molecule has 48 heavy (non-hydrogen) atoms. The van der Waals surface area contributed by atoms with Crippen LogP contribution in [0.15, 0.2) is 53.4 Å². The molecule has 3 aromatic rings. The highest BCUT2D eigenvalue weighted by Gasteiger charge is 2.56. The number of hydrogen-bond acceptors (Lipinski definition) is 11. The fourth-order valence-corrected chi connectivity index (χ4v) is 8.97. The number of aliphatic hydroxyl groups excluding tert-OH is 1. The van der Waals surface area contributed by atoms with Crippen LogP contribution < -0.4 is 15.5 Å². The van der Waals surface area contributed by atoms with E-state index in [2.05, 4.69) is 34.3 Å². The minimum Gasteiger partial charge on any atom is -0.445 e. The highest BCUT2D eigenvalue weighted by Crippen LogP contribution is 2.49. The Morgan fingerprint density at radius 1 is 1.10 bits per heavy atom. The van der Waals surface area contributed by atoms with Crippen LogP contribution in [0.4, 0.5) is 9.93 Å². The maximum absolute atomic E-state index is 13.7. The molecule has 5 unspecified atom stereocenters. The number of aliphatic hydroxyl groups is 1. The summed E-state index contributed by atoms with van der Waals surface area (Å²) in [6.45, 7) is 9.41. The van der Waals surface area contributed by atoms with Gasteiger partial charge < -0.3 is 30.0 Å². The van der Waals surface area contributed by atoms with Gasteiger partial charge in [-0.15, -0.1) is 4.83 Å². The third kappa shape index (κ3) is 8.29. The molecule has 3 heterocycles. The number of nitrogens with one attached hydrogen (secondary N) is 3. The van der Waals surface area contributed by atoms with Crippen molar-refractivity contribution in [2.75, 3.05) is 31.6 Å². The summed E-state index contributed by atoms with van der Waals surface area (Å²) in [5.74, 6) is 0.721. The molecule has 262 valence electrons. The Morgan fingerprint density at radius 3 is 2.62 bits per heavy atom. The third-order valence-corrected chi connectivity index (χ3v) is 11.7. The summed E-state index contributed by atoms with van der Waals surface area (Å²) in [7, 11) is -4.02. The molecule has 4 N–H and O–H groups in total. The van der Waals surface area contributed by atoms with Crippen LogP contribution in [0.25, 0.3) is 10.2 Å². The Hall–Kier alpha value is -2.85. The summed E-state index contributed by atoms with van der Waals surface area (Å²) >= 11 is 1.47. The van der Waals surface area contributed by atoms with Crippen molar-refractivity contribution in [3.8, 4) is 0 Å². The first kappa shape index (κ1) is 35.0. The van der Waals surface area contributed by atoms with Gasteiger partial charge in [0.25, 0.3) is 10.0 Å². The van der Waals surface area contributed by atoms with Gasteiger partial charge in [0.05, 0.1) is 40.5 Å². The molecule has 12 nitrogen and oxygen atoms in total. The number of fused-ring (bicyclic) bond motifs is 2. The smallest absolute Gasteiger partial charge is 0.407 e. The second-order valence-corrected chi connectivity index (χ2v) is 16.6. The van der Waals surface area contributed by atoms with E-state index in [4.69, 9.17) is 14.2 Å². The van der Waals surface area contributed by atoms with Gasteiger partial charge in [-0.2, -0.15) is 0 Å². The van der Waals surface area contributed by atoms with E-state index in [-0.39, 0.29) is 53.5 Å². The van der Waals surface area contributed by atoms with Crippen molar-refractivity contribution in [2.24, 2.45) is 23.7 Å². The molecule has 7 atom stereocenters. The molecular weight excluding hydrogens is 655 g/mol. The molecule has 1 aromatic heterocycles. The summed E-state index contributed by atoms with van der Waals surface area (Å²) in [6, 6.07) is 13.9. The number of hydrogen-bond donors (Lipinski definition) is 4. The maximum Gasteiger partial charge on any atom is 0.407 e. The first-order chi connectivity index (χ1) is 22.9. The van der Waals surface area contributed by atoms with Gasteiger partial charge in [0.15, 0.2) is 11.4 Å². The van der Waals surface area contributed by atoms with Crippen molar-refractivity contribution in [3.63, 3.8) is 0 Å². The topological polar surface area (TPSA) is 151 Å². The molecule has 0 spiro atoms. The summed E-state index contributed by atoms with van der Waals surface area (Å²) in [4.78, 5) is 20.7. The van der Waals surface area contributed by atoms with Gasteiger partial charge in [-0.1, -0.05) is 55.5 Å². The molecule has 6 rings (SSSR count). The second-order valence-electron chi connectivity index (χ2n) is 13.9. The molecule has 2 saturated heterocycles. The predicted octanol–water partition coefficient (Wildman–Crippen LogP) is 4.36. The van der Waals surface area contributed by atoms with Crippen molar-refractivity contribution in [3.05, 3.63) is 54.1 Å². The summed E-state index contributed by atoms with van der Waals surface area (Å²) in [5, 5.41) is 20.1. The number of carbonyl (C=O) groups is 1. The lowest BCUT2D eigenvalue weighted by atomic mass is 9.98. The van der Waals surface area contributed by atoms with Crippen molar-refractivity contribution in [1.82, 2.24) is 20.1 Å². The highest BCUT2D eigenvalue weighted by molar-refractivity contribution is 7.89. The monoisotopic (exact) mass is 701 g/mol. The molecule has 1 amide bonds. The molecule has 0 radical (unpaired) electrons. The molecule has 2 bridgehead atoms. The fraction of sp³-hybridized carbons (Fsp3) is 0.588. The number of hydrazine groups is 1. The normalized spacial score (nSPS) is 24.8. The molecule has 14 heteroatoms. The van der Waals surface area contributed by atoms with E-state index in [1.165, 1.54) is 16.3 Å². The van der Waals surface area contributed by atoms with Crippen LogP contribution in [-0.2, 0) is 30.7 Å². The highest BCUT2D eigenvalue weighted by atomic mass is 32.2. The van der Waals surface area contributed by atoms with Crippen molar-refractivity contribution < 1.29 is 32.5 Å². The molecule has 1 saturated carbocycles. The van der Waals surface area contributed by atoms with Crippen LogP contribution in [0.5, 0.6) is 0 Å². The van der Waals surface area contributed by atoms with Crippen LogP contribution in [0, 0.1) is 23.7 Å². The standard InChI is InChI=1S/C34H47N5O7S2/c1-20(2)12-13-39(38-48(42,43)24-10-11-30-28(16-24)36-33(47-30)35-21(3)4)17-29(40)27(14-22-8-6-5-7-9-22)37-34(41)46-31-23-15-25-26(31)19-45-32(25)44-18-23/h5-11,16,20-21,23,25-27,29,31-32,38,40H,12-15,17-19H2,1-4H3,(H,35,36)(H,37,41)/t23?,25?,26?,27-,29+,31?,32?/m0/s1. The zero-order valence-electron chi connectivity index (χ0n) is 27.9. The van der Waals surface area contributed by atoms with E-state index in [1.54, 1.807) is 18.2 Å². The number of thiazole rings is 1.